The van der Waals surface area contributed by atoms with Gasteiger partial charge in [-0.05, 0) is 31.4 Å². The molecule has 0 aliphatic heterocycles. The molecular formula is C13H17BrN2O3. The highest BCUT2D eigenvalue weighted by atomic mass is 79.9. The molecule has 1 N–H and O–H groups in total. The van der Waals surface area contributed by atoms with Crippen LogP contribution in [0.4, 0.5) is 5.69 Å². The maximum atomic E-state index is 11.9. The van der Waals surface area contributed by atoms with Crippen LogP contribution in [-0.2, 0) is 0 Å². The van der Waals surface area contributed by atoms with Crippen molar-refractivity contribution >= 4 is 27.5 Å². The number of carbonyl (C=O) groups excluding carboxylic acids is 1. The van der Waals surface area contributed by atoms with E-state index in [2.05, 4.69) is 21.2 Å². The van der Waals surface area contributed by atoms with Gasteiger partial charge in [-0.1, -0.05) is 28.9 Å². The van der Waals surface area contributed by atoms with Gasteiger partial charge in [-0.25, -0.2) is 0 Å². The fourth-order valence-corrected chi connectivity index (χ4v) is 2.00. The molecule has 0 bridgehead atoms. The van der Waals surface area contributed by atoms with Gasteiger partial charge in [-0.3, -0.25) is 14.9 Å². The minimum atomic E-state index is -0.533. The summed E-state index contributed by atoms with van der Waals surface area (Å²) in [7, 11) is 0. The summed E-state index contributed by atoms with van der Waals surface area (Å²) in [6.45, 7) is 4.35. The monoisotopic (exact) mass is 328 g/mol. The number of benzene rings is 1. The first kappa shape index (κ1) is 15.6. The standard InChI is InChI=1S/C13H17BrN2O3/c1-9-5-6-12(16(18)19)11(8-9)13(17)15-7-3-4-10(2)14/h5-6,8,10H,3-4,7H2,1-2H3,(H,15,17). The van der Waals surface area contributed by atoms with Crippen LogP contribution in [-0.4, -0.2) is 22.2 Å². The lowest BCUT2D eigenvalue weighted by atomic mass is 10.1. The molecule has 0 heterocycles. The van der Waals surface area contributed by atoms with E-state index in [9.17, 15) is 14.9 Å². The second-order valence-electron chi connectivity index (χ2n) is 4.46. The Kier molecular flexibility index (Phi) is 5.95. The van der Waals surface area contributed by atoms with E-state index in [1.807, 2.05) is 6.92 Å². The molecule has 0 radical (unpaired) electrons. The third-order valence-electron chi connectivity index (χ3n) is 2.66. The van der Waals surface area contributed by atoms with Crippen molar-refractivity contribution in [1.82, 2.24) is 5.32 Å². The Balaban J connectivity index is 2.70. The molecule has 104 valence electrons. The van der Waals surface area contributed by atoms with Crippen LogP contribution in [0, 0.1) is 17.0 Å². The summed E-state index contributed by atoms with van der Waals surface area (Å²) in [5, 5.41) is 13.6. The number of nitrogens with one attached hydrogen (secondary N) is 1. The second kappa shape index (κ2) is 7.23. The molecule has 0 saturated carbocycles. The van der Waals surface area contributed by atoms with Crippen molar-refractivity contribution in [2.45, 2.75) is 31.5 Å². The summed E-state index contributed by atoms with van der Waals surface area (Å²) < 4.78 is 0. The zero-order chi connectivity index (χ0) is 14.4. The molecule has 1 unspecified atom stereocenters. The lowest BCUT2D eigenvalue weighted by Crippen LogP contribution is -2.25. The molecule has 19 heavy (non-hydrogen) atoms. The van der Waals surface area contributed by atoms with Gasteiger partial charge < -0.3 is 5.32 Å². The molecule has 0 fully saturated rings. The number of rotatable bonds is 6. The Labute approximate surface area is 120 Å². The van der Waals surface area contributed by atoms with E-state index >= 15 is 0 Å². The largest absolute Gasteiger partial charge is 0.352 e. The molecule has 0 aliphatic rings. The lowest BCUT2D eigenvalue weighted by Gasteiger charge is -2.07. The normalized spacial score (nSPS) is 11.9. The van der Waals surface area contributed by atoms with Crippen molar-refractivity contribution < 1.29 is 9.72 Å². The van der Waals surface area contributed by atoms with Gasteiger partial charge >= 0.3 is 0 Å². The highest BCUT2D eigenvalue weighted by Crippen LogP contribution is 2.19. The molecule has 1 aromatic carbocycles. The predicted molar refractivity (Wildman–Crippen MR) is 77.8 cm³/mol. The highest BCUT2D eigenvalue weighted by molar-refractivity contribution is 9.09. The number of carbonyl (C=O) groups is 1. The Morgan fingerprint density at radius 1 is 1.53 bits per heavy atom. The highest BCUT2D eigenvalue weighted by Gasteiger charge is 2.19. The van der Waals surface area contributed by atoms with Crippen molar-refractivity contribution in [1.29, 1.82) is 0 Å². The summed E-state index contributed by atoms with van der Waals surface area (Å²) in [4.78, 5) is 22.7. The van der Waals surface area contributed by atoms with Gasteiger partial charge in [-0.2, -0.15) is 0 Å². The number of aryl methyl sites for hydroxylation is 1. The lowest BCUT2D eigenvalue weighted by molar-refractivity contribution is -0.385. The summed E-state index contributed by atoms with van der Waals surface area (Å²) in [6.07, 6.45) is 1.77. The molecular weight excluding hydrogens is 312 g/mol. The first-order valence-electron chi connectivity index (χ1n) is 6.09. The summed E-state index contributed by atoms with van der Waals surface area (Å²) in [6, 6.07) is 4.53. The average molecular weight is 329 g/mol. The van der Waals surface area contributed by atoms with Crippen molar-refractivity contribution in [3.8, 4) is 0 Å². The maximum absolute atomic E-state index is 11.9. The van der Waals surface area contributed by atoms with Crippen LogP contribution in [0.25, 0.3) is 0 Å². The number of hydrogen-bond acceptors (Lipinski definition) is 3. The van der Waals surface area contributed by atoms with E-state index in [-0.39, 0.29) is 11.3 Å². The van der Waals surface area contributed by atoms with Crippen LogP contribution in [0.5, 0.6) is 0 Å². The van der Waals surface area contributed by atoms with Gasteiger partial charge in [-0.15, -0.1) is 0 Å². The number of halogens is 1. The molecule has 0 spiro atoms. The summed E-state index contributed by atoms with van der Waals surface area (Å²) >= 11 is 3.42. The first-order valence-corrected chi connectivity index (χ1v) is 7.00. The maximum Gasteiger partial charge on any atom is 0.282 e. The van der Waals surface area contributed by atoms with Gasteiger partial charge in [0.25, 0.3) is 11.6 Å². The minimum Gasteiger partial charge on any atom is -0.352 e. The molecule has 1 atom stereocenters. The Morgan fingerprint density at radius 2 is 2.21 bits per heavy atom. The molecule has 1 amide bonds. The Bertz CT molecular complexity index is 475. The zero-order valence-corrected chi connectivity index (χ0v) is 12.6. The quantitative estimate of drug-likeness (QED) is 0.377. The molecule has 1 aromatic rings. The number of nitro benzene ring substituents is 1. The fraction of sp³-hybridized carbons (Fsp3) is 0.462. The van der Waals surface area contributed by atoms with Crippen molar-refractivity contribution in [2.75, 3.05) is 6.54 Å². The Morgan fingerprint density at radius 3 is 2.79 bits per heavy atom. The van der Waals surface area contributed by atoms with E-state index < -0.39 is 10.8 Å². The number of hydrogen-bond donors (Lipinski definition) is 1. The molecule has 1 rings (SSSR count). The van der Waals surface area contributed by atoms with Gasteiger partial charge in [0, 0.05) is 17.4 Å². The number of alkyl halides is 1. The summed E-state index contributed by atoms with van der Waals surface area (Å²) in [5.74, 6) is -0.391. The van der Waals surface area contributed by atoms with Crippen LogP contribution < -0.4 is 5.32 Å². The molecule has 5 nitrogen and oxygen atoms in total. The number of nitrogens with zero attached hydrogens (tertiary/aromatic N) is 1. The van der Waals surface area contributed by atoms with Crippen LogP contribution >= 0.6 is 15.9 Å². The van der Waals surface area contributed by atoms with Crippen molar-refractivity contribution in [3.05, 3.63) is 39.4 Å². The molecule has 0 aromatic heterocycles. The van der Waals surface area contributed by atoms with Gasteiger partial charge in [0.15, 0.2) is 0 Å². The predicted octanol–water partition coefficient (Wildman–Crippen LogP) is 3.20. The van der Waals surface area contributed by atoms with E-state index in [1.165, 1.54) is 6.07 Å². The van der Waals surface area contributed by atoms with Crippen LogP contribution in [0.15, 0.2) is 18.2 Å². The third kappa shape index (κ3) is 4.98. The number of nitro groups is 1. The van der Waals surface area contributed by atoms with Gasteiger partial charge in [0.2, 0.25) is 0 Å². The average Bonchev–Trinajstić information content (AvgIpc) is 2.33. The smallest absolute Gasteiger partial charge is 0.282 e. The van der Waals surface area contributed by atoms with Crippen molar-refractivity contribution in [3.63, 3.8) is 0 Å². The first-order chi connectivity index (χ1) is 8.91. The van der Waals surface area contributed by atoms with Crippen molar-refractivity contribution in [2.24, 2.45) is 0 Å². The van der Waals surface area contributed by atoms with Crippen LogP contribution in [0.2, 0.25) is 0 Å². The minimum absolute atomic E-state index is 0.122. The second-order valence-corrected chi connectivity index (χ2v) is 6.02. The van der Waals surface area contributed by atoms with Gasteiger partial charge in [0.05, 0.1) is 4.92 Å². The fourth-order valence-electron chi connectivity index (χ4n) is 1.67. The van der Waals surface area contributed by atoms with E-state index in [4.69, 9.17) is 0 Å². The molecule has 0 aliphatic carbocycles. The van der Waals surface area contributed by atoms with E-state index in [0.29, 0.717) is 11.4 Å². The SMILES string of the molecule is Cc1ccc([N+](=O)[O-])c(C(=O)NCCCC(C)Br)c1. The van der Waals surface area contributed by atoms with Crippen LogP contribution in [0.1, 0.15) is 35.7 Å². The topological polar surface area (TPSA) is 72.2 Å². The number of amides is 1. The molecule has 6 heteroatoms. The van der Waals surface area contributed by atoms with E-state index in [0.717, 1.165) is 18.4 Å². The van der Waals surface area contributed by atoms with E-state index in [1.54, 1.807) is 19.1 Å². The zero-order valence-electron chi connectivity index (χ0n) is 11.0. The van der Waals surface area contributed by atoms with Crippen LogP contribution in [0.3, 0.4) is 0 Å². The Hall–Kier alpha value is -1.43. The summed E-state index contributed by atoms with van der Waals surface area (Å²) in [5.41, 5.74) is 0.790. The van der Waals surface area contributed by atoms with Gasteiger partial charge in [0.1, 0.15) is 5.56 Å². The molecule has 0 saturated heterocycles. The third-order valence-corrected chi connectivity index (χ3v) is 3.12.